The van der Waals surface area contributed by atoms with Crippen molar-refractivity contribution >= 4 is 9.84 Å². The maximum Gasteiger partial charge on any atom is 0.184 e. The Morgan fingerprint density at radius 3 is 2.12 bits per heavy atom. The topological polar surface area (TPSA) is 54.4 Å². The minimum atomic E-state index is -3.44. The average Bonchev–Trinajstić information content (AvgIpc) is 2.15. The predicted octanol–water partition coefficient (Wildman–Crippen LogP) is 2.87. The van der Waals surface area contributed by atoms with Crippen molar-refractivity contribution in [1.82, 2.24) is 0 Å². The second-order valence-corrected chi connectivity index (χ2v) is 8.00. The van der Waals surface area contributed by atoms with E-state index in [2.05, 4.69) is 0 Å². The zero-order valence-corrected chi connectivity index (χ0v) is 11.8. The van der Waals surface area contributed by atoms with E-state index in [0.717, 1.165) is 5.56 Å². The van der Waals surface area contributed by atoms with Crippen molar-refractivity contribution in [2.45, 2.75) is 50.2 Å². The molecular formula is C13H20O3S. The third-order valence-electron chi connectivity index (χ3n) is 2.75. The lowest BCUT2D eigenvalue weighted by molar-refractivity contribution is 0.456. The molecule has 3 nitrogen and oxygen atoms in total. The van der Waals surface area contributed by atoms with Crippen LogP contribution in [0.5, 0.6) is 5.75 Å². The van der Waals surface area contributed by atoms with Crippen LogP contribution in [0.15, 0.2) is 23.1 Å². The molecule has 0 aliphatic heterocycles. The van der Waals surface area contributed by atoms with Crippen LogP contribution >= 0.6 is 0 Å². The molecule has 0 heterocycles. The highest BCUT2D eigenvalue weighted by atomic mass is 32.2. The molecule has 0 fully saturated rings. The van der Waals surface area contributed by atoms with E-state index in [4.69, 9.17) is 0 Å². The molecule has 1 rings (SSSR count). The van der Waals surface area contributed by atoms with Crippen molar-refractivity contribution in [3.63, 3.8) is 0 Å². The van der Waals surface area contributed by atoms with E-state index in [1.807, 2.05) is 20.8 Å². The molecule has 96 valence electrons. The molecule has 0 radical (unpaired) electrons. The van der Waals surface area contributed by atoms with Gasteiger partial charge in [0.25, 0.3) is 0 Å². The monoisotopic (exact) mass is 256 g/mol. The van der Waals surface area contributed by atoms with E-state index < -0.39 is 15.1 Å². The van der Waals surface area contributed by atoms with Crippen LogP contribution in [0.25, 0.3) is 0 Å². The maximum absolute atomic E-state index is 12.1. The number of aromatic hydroxyl groups is 1. The van der Waals surface area contributed by atoms with Crippen molar-refractivity contribution in [2.75, 3.05) is 0 Å². The molecule has 0 atom stereocenters. The van der Waals surface area contributed by atoms with Gasteiger partial charge in [0.05, 0.1) is 5.25 Å². The Bertz CT molecular complexity index is 508. The summed E-state index contributed by atoms with van der Waals surface area (Å²) in [6, 6.07) is 4.79. The summed E-state index contributed by atoms with van der Waals surface area (Å²) in [5, 5.41) is 9.17. The molecule has 1 aromatic carbocycles. The number of phenols is 1. The maximum atomic E-state index is 12.1. The molecule has 0 bridgehead atoms. The molecule has 0 saturated carbocycles. The molecule has 0 unspecified atom stereocenters. The van der Waals surface area contributed by atoms with Crippen LogP contribution in [0, 0.1) is 0 Å². The van der Waals surface area contributed by atoms with Gasteiger partial charge in [-0.05, 0) is 37.0 Å². The van der Waals surface area contributed by atoms with Gasteiger partial charge in [-0.25, -0.2) is 8.42 Å². The number of phenolic OH excluding ortho intramolecular Hbond substituents is 1. The first-order valence-corrected chi connectivity index (χ1v) is 7.19. The van der Waals surface area contributed by atoms with Crippen LogP contribution in [-0.4, -0.2) is 18.8 Å². The lowest BCUT2D eigenvalue weighted by atomic mass is 9.87. The van der Waals surface area contributed by atoms with Crippen LogP contribution in [0.3, 0.4) is 0 Å². The molecule has 0 saturated heterocycles. The third-order valence-corrected chi connectivity index (χ3v) is 4.93. The first kappa shape index (κ1) is 14.0. The Morgan fingerprint density at radius 1 is 1.18 bits per heavy atom. The molecule has 4 heteroatoms. The van der Waals surface area contributed by atoms with Gasteiger partial charge in [0.15, 0.2) is 9.84 Å². The molecule has 0 aliphatic rings. The zero-order valence-electron chi connectivity index (χ0n) is 11.0. The second-order valence-electron chi connectivity index (χ2n) is 5.53. The zero-order chi connectivity index (χ0) is 13.4. The summed E-state index contributed by atoms with van der Waals surface area (Å²) in [6.07, 6.45) is 0. The van der Waals surface area contributed by atoms with Crippen molar-refractivity contribution < 1.29 is 13.5 Å². The fraction of sp³-hybridized carbons (Fsp3) is 0.538. The molecule has 0 spiro atoms. The van der Waals surface area contributed by atoms with E-state index in [1.54, 1.807) is 26.0 Å². The normalized spacial score (nSPS) is 13.1. The van der Waals surface area contributed by atoms with E-state index in [0.29, 0.717) is 0 Å². The van der Waals surface area contributed by atoms with Gasteiger partial charge >= 0.3 is 0 Å². The number of rotatable bonds is 2. The second kappa shape index (κ2) is 4.33. The van der Waals surface area contributed by atoms with E-state index in [-0.39, 0.29) is 16.1 Å². The summed E-state index contributed by atoms with van der Waals surface area (Å²) >= 11 is 0. The van der Waals surface area contributed by atoms with Gasteiger partial charge in [0.2, 0.25) is 0 Å². The lowest BCUT2D eigenvalue weighted by Crippen LogP contribution is -2.17. The van der Waals surface area contributed by atoms with Crippen molar-refractivity contribution in [3.05, 3.63) is 23.8 Å². The van der Waals surface area contributed by atoms with Crippen molar-refractivity contribution in [1.29, 1.82) is 0 Å². The van der Waals surface area contributed by atoms with Gasteiger partial charge in [0, 0.05) is 0 Å². The Morgan fingerprint density at radius 2 is 1.71 bits per heavy atom. The highest BCUT2D eigenvalue weighted by molar-refractivity contribution is 7.92. The summed E-state index contributed by atoms with van der Waals surface area (Å²) in [5.41, 5.74) is 0.754. The largest absolute Gasteiger partial charge is 0.507 e. The molecule has 0 aliphatic carbocycles. The van der Waals surface area contributed by atoms with Crippen LogP contribution in [0.4, 0.5) is 0 Å². The smallest absolute Gasteiger partial charge is 0.184 e. The van der Waals surface area contributed by atoms with E-state index >= 15 is 0 Å². The van der Waals surface area contributed by atoms with Gasteiger partial charge in [0.1, 0.15) is 10.6 Å². The summed E-state index contributed by atoms with van der Waals surface area (Å²) in [5.74, 6) is -0.174. The third kappa shape index (κ3) is 2.80. The van der Waals surface area contributed by atoms with Gasteiger partial charge in [-0.3, -0.25) is 0 Å². The van der Waals surface area contributed by atoms with Crippen molar-refractivity contribution in [2.24, 2.45) is 0 Å². The van der Waals surface area contributed by atoms with Gasteiger partial charge in [-0.15, -0.1) is 0 Å². The van der Waals surface area contributed by atoms with Crippen LogP contribution in [0.2, 0.25) is 0 Å². The van der Waals surface area contributed by atoms with E-state index in [9.17, 15) is 13.5 Å². The number of hydrogen-bond donors (Lipinski definition) is 1. The highest BCUT2D eigenvalue weighted by Gasteiger charge is 2.25. The first-order chi connectivity index (χ1) is 7.56. The summed E-state index contributed by atoms with van der Waals surface area (Å²) < 4.78 is 24.1. The number of hydrogen-bond acceptors (Lipinski definition) is 3. The lowest BCUT2D eigenvalue weighted by Gasteiger charge is -2.20. The first-order valence-electron chi connectivity index (χ1n) is 5.64. The predicted molar refractivity (Wildman–Crippen MR) is 69.1 cm³/mol. The summed E-state index contributed by atoms with van der Waals surface area (Å²) in [6.45, 7) is 9.23. The van der Waals surface area contributed by atoms with Gasteiger partial charge in [-0.2, -0.15) is 0 Å². The average molecular weight is 256 g/mol. The fourth-order valence-corrected chi connectivity index (χ4v) is 2.62. The van der Waals surface area contributed by atoms with Crippen LogP contribution in [0.1, 0.15) is 40.2 Å². The Kier molecular flexibility index (Phi) is 3.58. The Balaban J connectivity index is 3.46. The quantitative estimate of drug-likeness (QED) is 0.885. The minimum absolute atomic E-state index is 0.0277. The molecule has 17 heavy (non-hydrogen) atoms. The molecular weight excluding hydrogens is 236 g/mol. The molecule has 1 N–H and O–H groups in total. The Hall–Kier alpha value is -1.03. The number of benzene rings is 1. The Labute approximate surface area is 103 Å². The van der Waals surface area contributed by atoms with Gasteiger partial charge < -0.3 is 5.11 Å². The molecule has 0 amide bonds. The molecule has 1 aromatic rings. The minimum Gasteiger partial charge on any atom is -0.507 e. The SMILES string of the molecule is CC(C)S(=O)(=O)c1cc(C(C)(C)C)ccc1O. The summed E-state index contributed by atoms with van der Waals surface area (Å²) in [7, 11) is -3.44. The van der Waals surface area contributed by atoms with Crippen LogP contribution < -0.4 is 0 Å². The standard InChI is InChI=1S/C13H20O3S/c1-9(2)17(15,16)12-8-10(13(3,4)5)6-7-11(12)14/h6-9,14H,1-5H3. The number of sulfone groups is 1. The van der Waals surface area contributed by atoms with Crippen LogP contribution in [-0.2, 0) is 15.3 Å². The van der Waals surface area contributed by atoms with Gasteiger partial charge in [-0.1, -0.05) is 26.8 Å². The summed E-state index contributed by atoms with van der Waals surface area (Å²) in [4.78, 5) is 0.0277. The highest BCUT2D eigenvalue weighted by Crippen LogP contribution is 2.31. The fourth-order valence-electron chi connectivity index (χ4n) is 1.46. The van der Waals surface area contributed by atoms with Crippen molar-refractivity contribution in [3.8, 4) is 5.75 Å². The molecule has 0 aromatic heterocycles. The van der Waals surface area contributed by atoms with E-state index in [1.165, 1.54) is 6.07 Å².